The van der Waals surface area contributed by atoms with E-state index in [0.29, 0.717) is 29.7 Å². The molecule has 1 amide bonds. The van der Waals surface area contributed by atoms with E-state index >= 15 is 0 Å². The van der Waals surface area contributed by atoms with Crippen LogP contribution in [0.5, 0.6) is 0 Å². The Morgan fingerprint density at radius 3 is 2.45 bits per heavy atom. The molecule has 168 valence electrons. The topological polar surface area (TPSA) is 99.2 Å². The van der Waals surface area contributed by atoms with Gasteiger partial charge in [-0.05, 0) is 43.4 Å². The van der Waals surface area contributed by atoms with Crippen molar-refractivity contribution in [2.75, 3.05) is 0 Å². The lowest BCUT2D eigenvalue weighted by Crippen LogP contribution is -2.49. The van der Waals surface area contributed by atoms with Gasteiger partial charge in [-0.3, -0.25) is 15.0 Å². The van der Waals surface area contributed by atoms with Crippen LogP contribution in [0.4, 0.5) is 0 Å². The van der Waals surface area contributed by atoms with Crippen LogP contribution in [-0.2, 0) is 4.79 Å². The maximum Gasteiger partial charge on any atom is 0.270 e. The first-order valence-electron chi connectivity index (χ1n) is 11.0. The summed E-state index contributed by atoms with van der Waals surface area (Å²) in [5.41, 5.74) is 13.9. The third kappa shape index (κ3) is 4.14. The Bertz CT molecular complexity index is 1250. The van der Waals surface area contributed by atoms with E-state index in [0.717, 1.165) is 16.7 Å². The molecule has 3 N–H and O–H groups in total. The summed E-state index contributed by atoms with van der Waals surface area (Å²) in [7, 11) is 0. The highest BCUT2D eigenvalue weighted by Crippen LogP contribution is 2.48. The Morgan fingerprint density at radius 1 is 1.12 bits per heavy atom. The highest BCUT2D eigenvalue weighted by Gasteiger charge is 2.44. The van der Waals surface area contributed by atoms with Crippen LogP contribution in [0.3, 0.4) is 0 Å². The van der Waals surface area contributed by atoms with Gasteiger partial charge >= 0.3 is 0 Å². The molecule has 1 atom stereocenters. The molecule has 6 nitrogen and oxygen atoms in total. The van der Waals surface area contributed by atoms with E-state index in [1.54, 1.807) is 12.1 Å². The zero-order valence-corrected chi connectivity index (χ0v) is 19.4. The lowest BCUT2D eigenvalue weighted by molar-refractivity contribution is -0.118. The minimum absolute atomic E-state index is 0.0254. The number of benzene rings is 2. The van der Waals surface area contributed by atoms with E-state index in [2.05, 4.69) is 11.5 Å². The number of rotatable bonds is 3. The Kier molecular flexibility index (Phi) is 5.59. The van der Waals surface area contributed by atoms with E-state index < -0.39 is 5.92 Å². The second-order valence-corrected chi connectivity index (χ2v) is 9.70. The number of hydrogen-bond donors (Lipinski definition) is 2. The average Bonchev–Trinajstić information content (AvgIpc) is 2.75. The fourth-order valence-corrected chi connectivity index (χ4v) is 4.69. The number of nitrogens with zero attached hydrogens (tertiary/aromatic N) is 2. The van der Waals surface area contributed by atoms with Gasteiger partial charge in [0, 0.05) is 17.6 Å². The van der Waals surface area contributed by atoms with Gasteiger partial charge in [-0.25, -0.2) is 5.01 Å². The lowest BCUT2D eigenvalue weighted by Gasteiger charge is -2.43. The van der Waals surface area contributed by atoms with Crippen molar-refractivity contribution in [3.63, 3.8) is 0 Å². The first-order valence-corrected chi connectivity index (χ1v) is 11.0. The molecule has 1 unspecified atom stereocenters. The number of Topliss-reactive ketones (excluding diaryl/α,β-unsaturated/α-hetero) is 1. The Morgan fingerprint density at radius 2 is 1.82 bits per heavy atom. The summed E-state index contributed by atoms with van der Waals surface area (Å²) in [6, 6.07) is 17.2. The van der Waals surface area contributed by atoms with E-state index in [1.807, 2.05) is 64.1 Å². The summed E-state index contributed by atoms with van der Waals surface area (Å²) in [4.78, 5) is 26.5. The van der Waals surface area contributed by atoms with Crippen LogP contribution in [0.1, 0.15) is 59.7 Å². The normalized spacial score (nSPS) is 19.8. The number of hydrogen-bond acceptors (Lipinski definition) is 5. The standard InChI is InChI=1S/C27H28N4O2/c1-16-8-10-18(11-9-16)26(33)30-31-21-13-27(3,4)14-22(32)24(21)23(20(15-28)25(31)29)19-7-5-6-17(2)12-19/h5-12,23H,13-14,29H2,1-4H3,(H,30,33). The summed E-state index contributed by atoms with van der Waals surface area (Å²) in [5, 5.41) is 11.5. The van der Waals surface area contributed by atoms with Gasteiger partial charge in [0.15, 0.2) is 5.78 Å². The fourth-order valence-electron chi connectivity index (χ4n) is 4.69. The van der Waals surface area contributed by atoms with Gasteiger partial charge in [-0.2, -0.15) is 5.26 Å². The van der Waals surface area contributed by atoms with Gasteiger partial charge in [0.25, 0.3) is 5.91 Å². The molecule has 4 rings (SSSR count). The minimum atomic E-state index is -0.555. The van der Waals surface area contributed by atoms with Crippen molar-refractivity contribution >= 4 is 11.7 Å². The van der Waals surface area contributed by atoms with Crippen LogP contribution in [0, 0.1) is 30.6 Å². The van der Waals surface area contributed by atoms with E-state index in [1.165, 1.54) is 5.01 Å². The van der Waals surface area contributed by atoms with Crippen molar-refractivity contribution in [1.82, 2.24) is 10.4 Å². The number of ketones is 1. The van der Waals surface area contributed by atoms with Gasteiger partial charge in [0.2, 0.25) is 0 Å². The van der Waals surface area contributed by atoms with Crippen LogP contribution in [0.15, 0.2) is 71.2 Å². The predicted octanol–water partition coefficient (Wildman–Crippen LogP) is 4.38. The summed E-state index contributed by atoms with van der Waals surface area (Å²) in [5.74, 6) is -0.788. The molecule has 2 aromatic rings. The van der Waals surface area contributed by atoms with Crippen molar-refractivity contribution in [1.29, 1.82) is 5.26 Å². The van der Waals surface area contributed by atoms with Crippen molar-refractivity contribution < 1.29 is 9.59 Å². The molecular formula is C27H28N4O2. The summed E-state index contributed by atoms with van der Waals surface area (Å²) in [6.07, 6.45) is 0.913. The predicted molar refractivity (Wildman–Crippen MR) is 126 cm³/mol. The quantitative estimate of drug-likeness (QED) is 0.738. The smallest absolute Gasteiger partial charge is 0.270 e. The lowest BCUT2D eigenvalue weighted by atomic mass is 9.69. The zero-order chi connectivity index (χ0) is 23.9. The molecule has 2 aromatic carbocycles. The maximum absolute atomic E-state index is 13.4. The molecule has 0 spiro atoms. The molecule has 1 aliphatic carbocycles. The molecule has 1 heterocycles. The third-order valence-corrected chi connectivity index (χ3v) is 6.28. The average molecular weight is 441 g/mol. The van der Waals surface area contributed by atoms with Crippen LogP contribution >= 0.6 is 0 Å². The molecule has 0 saturated heterocycles. The van der Waals surface area contributed by atoms with E-state index in [9.17, 15) is 14.9 Å². The SMILES string of the molecule is Cc1ccc(C(=O)NN2C(N)=C(C#N)C(c3cccc(C)c3)C3=C2CC(C)(C)CC3=O)cc1. The number of carbonyl (C=O) groups is 2. The van der Waals surface area contributed by atoms with Gasteiger partial charge in [0.1, 0.15) is 5.82 Å². The number of nitrogens with two attached hydrogens (primary N) is 1. The molecule has 6 heteroatoms. The number of aryl methyl sites for hydroxylation is 2. The second kappa shape index (κ2) is 8.25. The van der Waals surface area contributed by atoms with Gasteiger partial charge in [-0.1, -0.05) is 61.4 Å². The first-order chi connectivity index (χ1) is 15.6. The molecule has 1 aliphatic heterocycles. The number of hydrazine groups is 1. The third-order valence-electron chi connectivity index (χ3n) is 6.28. The Hall–Kier alpha value is -3.85. The first kappa shape index (κ1) is 22.3. The molecule has 2 aliphatic rings. The highest BCUT2D eigenvalue weighted by atomic mass is 16.2. The van der Waals surface area contributed by atoms with E-state index in [4.69, 9.17) is 5.73 Å². The Balaban J connectivity index is 1.85. The van der Waals surface area contributed by atoms with Crippen LogP contribution in [0.2, 0.25) is 0 Å². The second-order valence-electron chi connectivity index (χ2n) is 9.70. The highest BCUT2D eigenvalue weighted by molar-refractivity contribution is 6.01. The summed E-state index contributed by atoms with van der Waals surface area (Å²) >= 11 is 0. The van der Waals surface area contributed by atoms with Crippen LogP contribution in [-0.4, -0.2) is 16.7 Å². The Labute approximate surface area is 194 Å². The zero-order valence-electron chi connectivity index (χ0n) is 19.4. The number of nitrogens with one attached hydrogen (secondary N) is 1. The molecular weight excluding hydrogens is 412 g/mol. The van der Waals surface area contributed by atoms with Gasteiger partial charge < -0.3 is 5.73 Å². The summed E-state index contributed by atoms with van der Waals surface area (Å²) < 4.78 is 0. The number of allylic oxidation sites excluding steroid dienone is 3. The van der Waals surface area contributed by atoms with Crippen molar-refractivity contribution in [3.8, 4) is 6.07 Å². The molecule has 0 radical (unpaired) electrons. The number of carbonyl (C=O) groups excluding carboxylic acids is 2. The minimum Gasteiger partial charge on any atom is -0.383 e. The van der Waals surface area contributed by atoms with E-state index in [-0.39, 0.29) is 28.5 Å². The largest absolute Gasteiger partial charge is 0.383 e. The number of nitriles is 1. The summed E-state index contributed by atoms with van der Waals surface area (Å²) in [6.45, 7) is 7.97. The molecule has 33 heavy (non-hydrogen) atoms. The fraction of sp³-hybridized carbons (Fsp3) is 0.296. The number of amides is 1. The van der Waals surface area contributed by atoms with Crippen LogP contribution in [0.25, 0.3) is 0 Å². The molecule has 0 bridgehead atoms. The van der Waals surface area contributed by atoms with Crippen LogP contribution < -0.4 is 11.2 Å². The van der Waals surface area contributed by atoms with Crippen molar-refractivity contribution in [2.24, 2.45) is 11.1 Å². The van der Waals surface area contributed by atoms with Crippen molar-refractivity contribution in [3.05, 3.63) is 93.4 Å². The monoisotopic (exact) mass is 440 g/mol. The molecule has 0 fully saturated rings. The van der Waals surface area contributed by atoms with Gasteiger partial charge in [0.05, 0.1) is 23.3 Å². The maximum atomic E-state index is 13.4. The molecule has 0 saturated carbocycles. The molecule has 0 aromatic heterocycles. The van der Waals surface area contributed by atoms with Gasteiger partial charge in [-0.15, -0.1) is 0 Å². The van der Waals surface area contributed by atoms with Crippen molar-refractivity contribution in [2.45, 2.75) is 46.5 Å².